The van der Waals surface area contributed by atoms with Crippen molar-refractivity contribution in [1.82, 2.24) is 20.3 Å². The number of aryl methyl sites for hydroxylation is 1. The van der Waals surface area contributed by atoms with Gasteiger partial charge in [-0.15, -0.1) is 0 Å². The molecule has 0 radical (unpaired) electrons. The van der Waals surface area contributed by atoms with Crippen molar-refractivity contribution in [2.24, 2.45) is 0 Å². The second kappa shape index (κ2) is 7.97. The summed E-state index contributed by atoms with van der Waals surface area (Å²) in [5, 5.41) is 11.8. The maximum absolute atomic E-state index is 5.44. The molecule has 1 unspecified atom stereocenters. The molecule has 0 saturated heterocycles. The molecule has 5 rings (SSSR count). The second-order valence-electron chi connectivity index (χ2n) is 8.42. The van der Waals surface area contributed by atoms with Crippen LogP contribution in [0.4, 0.5) is 5.69 Å². The lowest BCUT2D eigenvalue weighted by atomic mass is 10.1. The molecule has 2 aliphatic rings. The Labute approximate surface area is 170 Å². The molecule has 0 spiro atoms. The van der Waals surface area contributed by atoms with Crippen LogP contribution in [0.5, 0.6) is 0 Å². The molecule has 0 amide bonds. The van der Waals surface area contributed by atoms with Crippen molar-refractivity contribution >= 4 is 5.69 Å². The lowest BCUT2D eigenvalue weighted by Crippen LogP contribution is -2.14. The van der Waals surface area contributed by atoms with E-state index in [0.717, 1.165) is 54.5 Å². The summed E-state index contributed by atoms with van der Waals surface area (Å²) < 4.78 is 10.8. The van der Waals surface area contributed by atoms with Crippen LogP contribution in [0.15, 0.2) is 33.3 Å². The number of nitrogens with zero attached hydrogens (tertiary/aromatic N) is 4. The van der Waals surface area contributed by atoms with Gasteiger partial charge in [0.2, 0.25) is 5.89 Å². The van der Waals surface area contributed by atoms with Crippen molar-refractivity contribution in [2.75, 3.05) is 5.32 Å². The van der Waals surface area contributed by atoms with E-state index in [-0.39, 0.29) is 0 Å². The molecule has 29 heavy (non-hydrogen) atoms. The zero-order valence-corrected chi connectivity index (χ0v) is 16.8. The van der Waals surface area contributed by atoms with Gasteiger partial charge in [-0.1, -0.05) is 22.8 Å². The lowest BCUT2D eigenvalue weighted by molar-refractivity contribution is 0.368. The molecule has 1 N–H and O–H groups in total. The van der Waals surface area contributed by atoms with Crippen LogP contribution in [0.2, 0.25) is 0 Å². The first-order valence-electron chi connectivity index (χ1n) is 10.8. The van der Waals surface area contributed by atoms with E-state index in [2.05, 4.69) is 44.7 Å². The van der Waals surface area contributed by atoms with Crippen LogP contribution in [0, 0.1) is 0 Å². The normalized spacial score (nSPS) is 17.4. The molecule has 152 valence electrons. The number of anilines is 1. The van der Waals surface area contributed by atoms with Crippen LogP contribution >= 0.6 is 0 Å². The van der Waals surface area contributed by atoms with Gasteiger partial charge in [-0.05, 0) is 63.6 Å². The summed E-state index contributed by atoms with van der Waals surface area (Å²) in [4.78, 5) is 9.04. The smallest absolute Gasteiger partial charge is 0.258 e. The molecule has 2 heterocycles. The highest BCUT2D eigenvalue weighted by Crippen LogP contribution is 2.39. The van der Waals surface area contributed by atoms with Gasteiger partial charge in [-0.25, -0.2) is 0 Å². The third-order valence-electron chi connectivity index (χ3n) is 5.61. The van der Waals surface area contributed by atoms with Gasteiger partial charge in [0.25, 0.3) is 5.89 Å². The van der Waals surface area contributed by atoms with Gasteiger partial charge in [0.05, 0.1) is 0 Å². The molecule has 1 aromatic carbocycles. The minimum atomic E-state index is 0.375. The molecule has 2 saturated carbocycles. The highest BCUT2D eigenvalue weighted by Gasteiger charge is 2.29. The maximum atomic E-state index is 5.44. The third kappa shape index (κ3) is 4.66. The molecule has 0 bridgehead atoms. The molecule has 7 heteroatoms. The van der Waals surface area contributed by atoms with Gasteiger partial charge in [0, 0.05) is 35.5 Å². The summed E-state index contributed by atoms with van der Waals surface area (Å²) >= 11 is 0. The monoisotopic (exact) mass is 393 g/mol. The summed E-state index contributed by atoms with van der Waals surface area (Å²) in [5.74, 6) is 4.19. The SMILES string of the molecule is CC(CCCCc1nc(C2CC2)no1)Nc1cccc(-c2nc(C3CC3)no2)c1. The summed E-state index contributed by atoms with van der Waals surface area (Å²) in [7, 11) is 0. The van der Waals surface area contributed by atoms with E-state index in [1.54, 1.807) is 0 Å². The summed E-state index contributed by atoms with van der Waals surface area (Å²) in [6.07, 6.45) is 8.88. The molecule has 2 aromatic heterocycles. The fourth-order valence-corrected chi connectivity index (χ4v) is 3.56. The highest BCUT2D eigenvalue weighted by atomic mass is 16.5. The molecular formula is C22H27N5O2. The van der Waals surface area contributed by atoms with Gasteiger partial charge in [-0.2, -0.15) is 9.97 Å². The average molecular weight is 393 g/mol. The average Bonchev–Trinajstić information content (AvgIpc) is 3.66. The Balaban J connectivity index is 1.09. The topological polar surface area (TPSA) is 89.9 Å². The standard InChI is InChI=1S/C22H27N5O2/c1-14(5-2-3-8-19-24-20(26-28-19)15-9-10-15)23-18-7-4-6-17(13-18)22-25-21(27-29-22)16-11-12-16/h4,6-7,13-16,23H,2-3,5,8-12H2,1H3. The molecule has 1 atom stereocenters. The van der Waals surface area contributed by atoms with E-state index in [9.17, 15) is 0 Å². The molecule has 2 fully saturated rings. The summed E-state index contributed by atoms with van der Waals surface area (Å²) in [5.41, 5.74) is 2.04. The molecular weight excluding hydrogens is 366 g/mol. The fraction of sp³-hybridized carbons (Fsp3) is 0.545. The van der Waals surface area contributed by atoms with Crippen molar-refractivity contribution in [3.8, 4) is 11.5 Å². The predicted molar refractivity (Wildman–Crippen MR) is 109 cm³/mol. The van der Waals surface area contributed by atoms with Crippen LogP contribution in [0.1, 0.15) is 81.2 Å². The molecule has 0 aliphatic heterocycles. The quantitative estimate of drug-likeness (QED) is 0.480. The number of hydrogen-bond donors (Lipinski definition) is 1. The first kappa shape index (κ1) is 18.3. The van der Waals surface area contributed by atoms with E-state index < -0.39 is 0 Å². The van der Waals surface area contributed by atoms with Crippen LogP contribution in [0.3, 0.4) is 0 Å². The van der Waals surface area contributed by atoms with Gasteiger partial charge in [0.15, 0.2) is 11.6 Å². The Morgan fingerprint density at radius 2 is 1.76 bits per heavy atom. The Morgan fingerprint density at radius 1 is 1.00 bits per heavy atom. The Morgan fingerprint density at radius 3 is 2.55 bits per heavy atom. The van der Waals surface area contributed by atoms with E-state index in [4.69, 9.17) is 9.05 Å². The minimum Gasteiger partial charge on any atom is -0.383 e. The number of benzene rings is 1. The predicted octanol–water partition coefficient (Wildman–Crippen LogP) is 5.09. The zero-order valence-electron chi connectivity index (χ0n) is 16.8. The maximum Gasteiger partial charge on any atom is 0.258 e. The van der Waals surface area contributed by atoms with Crippen LogP contribution in [0.25, 0.3) is 11.5 Å². The van der Waals surface area contributed by atoms with Gasteiger partial charge < -0.3 is 14.4 Å². The number of rotatable bonds is 10. The van der Waals surface area contributed by atoms with Gasteiger partial charge >= 0.3 is 0 Å². The Kier molecular flexibility index (Phi) is 5.04. The largest absolute Gasteiger partial charge is 0.383 e. The zero-order chi connectivity index (χ0) is 19.6. The number of hydrogen-bond acceptors (Lipinski definition) is 7. The third-order valence-corrected chi connectivity index (χ3v) is 5.61. The van der Waals surface area contributed by atoms with Crippen molar-refractivity contribution < 1.29 is 9.05 Å². The van der Waals surface area contributed by atoms with E-state index in [1.807, 2.05) is 12.1 Å². The lowest BCUT2D eigenvalue weighted by Gasteiger charge is -2.15. The molecule has 2 aliphatic carbocycles. The molecule has 3 aromatic rings. The van der Waals surface area contributed by atoms with E-state index in [1.165, 1.54) is 25.7 Å². The number of aromatic nitrogens is 4. The second-order valence-corrected chi connectivity index (χ2v) is 8.42. The van der Waals surface area contributed by atoms with Gasteiger partial charge in [0.1, 0.15) is 0 Å². The summed E-state index contributed by atoms with van der Waals surface area (Å²) in [6.45, 7) is 2.21. The Bertz CT molecular complexity index is 958. The number of nitrogens with one attached hydrogen (secondary N) is 1. The molecule has 7 nitrogen and oxygen atoms in total. The summed E-state index contributed by atoms with van der Waals surface area (Å²) in [6, 6.07) is 8.58. The van der Waals surface area contributed by atoms with Crippen LogP contribution in [-0.2, 0) is 6.42 Å². The van der Waals surface area contributed by atoms with Crippen molar-refractivity contribution in [1.29, 1.82) is 0 Å². The van der Waals surface area contributed by atoms with E-state index in [0.29, 0.717) is 23.8 Å². The van der Waals surface area contributed by atoms with Crippen molar-refractivity contribution in [2.45, 2.75) is 76.2 Å². The van der Waals surface area contributed by atoms with E-state index >= 15 is 0 Å². The van der Waals surface area contributed by atoms with Crippen molar-refractivity contribution in [3.05, 3.63) is 41.8 Å². The highest BCUT2D eigenvalue weighted by molar-refractivity contribution is 5.61. The van der Waals surface area contributed by atoms with Crippen molar-refractivity contribution in [3.63, 3.8) is 0 Å². The van der Waals surface area contributed by atoms with Crippen LogP contribution in [-0.4, -0.2) is 26.3 Å². The fourth-order valence-electron chi connectivity index (χ4n) is 3.56. The van der Waals surface area contributed by atoms with Gasteiger partial charge in [-0.3, -0.25) is 0 Å². The first-order chi connectivity index (χ1) is 14.2. The first-order valence-corrected chi connectivity index (χ1v) is 10.8. The van der Waals surface area contributed by atoms with Crippen LogP contribution < -0.4 is 5.32 Å². The number of unbranched alkanes of at least 4 members (excludes halogenated alkanes) is 1. The Hall–Kier alpha value is -2.70. The minimum absolute atomic E-state index is 0.375.